The summed E-state index contributed by atoms with van der Waals surface area (Å²) in [5.41, 5.74) is 0.833. The number of benzene rings is 1. The van der Waals surface area contributed by atoms with E-state index in [1.54, 1.807) is 6.07 Å². The van der Waals surface area contributed by atoms with Crippen molar-refractivity contribution in [1.29, 1.82) is 0 Å². The maximum Gasteiger partial charge on any atom is 0.374 e. The van der Waals surface area contributed by atoms with Gasteiger partial charge in [-0.05, 0) is 12.1 Å². The SMILES string of the molecule is O=C(OCc1nc(-c2ccccc2)no1)c1ccco1. The molecule has 0 unspecified atom stereocenters. The number of esters is 1. The van der Waals surface area contributed by atoms with Crippen molar-refractivity contribution in [2.45, 2.75) is 6.61 Å². The molecule has 0 N–H and O–H groups in total. The maximum atomic E-state index is 11.6. The van der Waals surface area contributed by atoms with E-state index < -0.39 is 5.97 Å². The molecule has 0 amide bonds. The second kappa shape index (κ2) is 5.40. The van der Waals surface area contributed by atoms with Crippen LogP contribution in [0.1, 0.15) is 16.4 Å². The molecule has 2 aromatic heterocycles. The van der Waals surface area contributed by atoms with Crippen LogP contribution >= 0.6 is 0 Å². The number of nitrogens with zero attached hydrogens (tertiary/aromatic N) is 2. The van der Waals surface area contributed by atoms with E-state index in [1.165, 1.54) is 12.3 Å². The molecule has 1 aromatic carbocycles. The van der Waals surface area contributed by atoms with Gasteiger partial charge in [-0.2, -0.15) is 4.98 Å². The predicted molar refractivity (Wildman–Crippen MR) is 67.6 cm³/mol. The van der Waals surface area contributed by atoms with Crippen LogP contribution in [0, 0.1) is 0 Å². The van der Waals surface area contributed by atoms with E-state index in [2.05, 4.69) is 10.1 Å². The topological polar surface area (TPSA) is 78.4 Å². The molecule has 0 atom stereocenters. The summed E-state index contributed by atoms with van der Waals surface area (Å²) in [5, 5.41) is 3.83. The molecule has 2 heterocycles. The van der Waals surface area contributed by atoms with Crippen molar-refractivity contribution in [1.82, 2.24) is 10.1 Å². The van der Waals surface area contributed by atoms with Crippen molar-refractivity contribution in [3.8, 4) is 11.4 Å². The molecule has 6 heteroatoms. The lowest BCUT2D eigenvalue weighted by Gasteiger charge is -1.97. The third kappa shape index (κ3) is 2.59. The Morgan fingerprint density at radius 2 is 2.00 bits per heavy atom. The first-order valence-corrected chi connectivity index (χ1v) is 5.91. The quantitative estimate of drug-likeness (QED) is 0.678. The predicted octanol–water partition coefficient (Wildman–Crippen LogP) is 2.69. The molecule has 0 saturated carbocycles. The van der Waals surface area contributed by atoms with Crippen molar-refractivity contribution >= 4 is 5.97 Å². The first-order valence-electron chi connectivity index (χ1n) is 5.91. The van der Waals surface area contributed by atoms with E-state index in [0.717, 1.165) is 5.56 Å². The first-order chi connectivity index (χ1) is 9.83. The molecule has 0 radical (unpaired) electrons. The molecule has 0 saturated heterocycles. The summed E-state index contributed by atoms with van der Waals surface area (Å²) in [5.74, 6) is 0.237. The van der Waals surface area contributed by atoms with Crippen LogP contribution in [0.4, 0.5) is 0 Å². The largest absolute Gasteiger partial charge is 0.457 e. The molecule has 0 bridgehead atoms. The number of hydrogen-bond donors (Lipinski definition) is 0. The van der Waals surface area contributed by atoms with Crippen LogP contribution in [0.25, 0.3) is 11.4 Å². The number of carbonyl (C=O) groups is 1. The molecule has 0 aliphatic carbocycles. The summed E-state index contributed by atoms with van der Waals surface area (Å²) in [6.07, 6.45) is 1.40. The van der Waals surface area contributed by atoms with E-state index in [-0.39, 0.29) is 18.3 Å². The van der Waals surface area contributed by atoms with Gasteiger partial charge in [-0.1, -0.05) is 35.5 Å². The van der Waals surface area contributed by atoms with Crippen molar-refractivity contribution in [3.63, 3.8) is 0 Å². The molecular weight excluding hydrogens is 260 g/mol. The molecule has 0 spiro atoms. The number of hydrogen-bond acceptors (Lipinski definition) is 6. The zero-order chi connectivity index (χ0) is 13.8. The number of rotatable bonds is 4. The molecule has 3 aromatic rings. The van der Waals surface area contributed by atoms with Crippen LogP contribution in [0.5, 0.6) is 0 Å². The minimum absolute atomic E-state index is 0.0979. The normalized spacial score (nSPS) is 10.4. The minimum Gasteiger partial charge on any atom is -0.457 e. The Morgan fingerprint density at radius 3 is 2.75 bits per heavy atom. The van der Waals surface area contributed by atoms with Gasteiger partial charge in [0.25, 0.3) is 5.89 Å². The standard InChI is InChI=1S/C14H10N2O4/c17-14(11-7-4-8-18-11)19-9-12-15-13(16-20-12)10-5-2-1-3-6-10/h1-8H,9H2. The lowest BCUT2D eigenvalue weighted by molar-refractivity contribution is 0.0394. The fourth-order valence-corrected chi connectivity index (χ4v) is 1.61. The zero-order valence-electron chi connectivity index (χ0n) is 10.4. The summed E-state index contributed by atoms with van der Waals surface area (Å²) in [6.45, 7) is -0.0979. The van der Waals surface area contributed by atoms with E-state index in [9.17, 15) is 4.79 Å². The molecule has 6 nitrogen and oxygen atoms in total. The second-order valence-corrected chi connectivity index (χ2v) is 3.93. The number of furan rings is 1. The Kier molecular flexibility index (Phi) is 3.28. The van der Waals surface area contributed by atoms with Gasteiger partial charge in [0.15, 0.2) is 6.61 Å². The van der Waals surface area contributed by atoms with Crippen LogP contribution in [0.15, 0.2) is 57.7 Å². The number of ether oxygens (including phenoxy) is 1. The maximum absolute atomic E-state index is 11.6. The first kappa shape index (κ1) is 12.2. The van der Waals surface area contributed by atoms with Crippen molar-refractivity contribution in [2.24, 2.45) is 0 Å². The van der Waals surface area contributed by atoms with Gasteiger partial charge in [0.2, 0.25) is 11.6 Å². The third-order valence-corrected chi connectivity index (χ3v) is 2.55. The molecule has 0 aliphatic rings. The van der Waals surface area contributed by atoms with Gasteiger partial charge >= 0.3 is 5.97 Å². The molecule has 20 heavy (non-hydrogen) atoms. The second-order valence-electron chi connectivity index (χ2n) is 3.93. The Labute approximate surface area is 114 Å². The van der Waals surface area contributed by atoms with Crippen molar-refractivity contribution < 1.29 is 18.5 Å². The highest BCUT2D eigenvalue weighted by molar-refractivity contribution is 5.86. The van der Waals surface area contributed by atoms with E-state index in [1.807, 2.05) is 30.3 Å². The van der Waals surface area contributed by atoms with Crippen LogP contribution in [-0.2, 0) is 11.3 Å². The lowest BCUT2D eigenvalue weighted by Crippen LogP contribution is -2.04. The average Bonchev–Trinajstić information content (AvgIpc) is 3.17. The van der Waals surface area contributed by atoms with Gasteiger partial charge in [-0.25, -0.2) is 4.79 Å². The van der Waals surface area contributed by atoms with Crippen LogP contribution < -0.4 is 0 Å². The van der Waals surface area contributed by atoms with Crippen LogP contribution in [0.2, 0.25) is 0 Å². The monoisotopic (exact) mass is 270 g/mol. The Bertz CT molecular complexity index is 689. The van der Waals surface area contributed by atoms with Gasteiger partial charge in [-0.15, -0.1) is 0 Å². The van der Waals surface area contributed by atoms with Crippen LogP contribution in [-0.4, -0.2) is 16.1 Å². The van der Waals surface area contributed by atoms with Gasteiger partial charge in [0.1, 0.15) is 0 Å². The van der Waals surface area contributed by atoms with Gasteiger partial charge < -0.3 is 13.7 Å². The minimum atomic E-state index is -0.575. The third-order valence-electron chi connectivity index (χ3n) is 2.55. The smallest absolute Gasteiger partial charge is 0.374 e. The lowest BCUT2D eigenvalue weighted by atomic mass is 10.2. The highest BCUT2D eigenvalue weighted by Crippen LogP contribution is 2.15. The highest BCUT2D eigenvalue weighted by atomic mass is 16.6. The average molecular weight is 270 g/mol. The fraction of sp³-hybridized carbons (Fsp3) is 0.0714. The van der Waals surface area contributed by atoms with Crippen LogP contribution in [0.3, 0.4) is 0 Å². The Balaban J connectivity index is 1.65. The highest BCUT2D eigenvalue weighted by Gasteiger charge is 2.13. The Hall–Kier alpha value is -2.89. The molecule has 0 aliphatic heterocycles. The fourth-order valence-electron chi connectivity index (χ4n) is 1.61. The summed E-state index contributed by atoms with van der Waals surface area (Å²) in [7, 11) is 0. The van der Waals surface area contributed by atoms with E-state index in [4.69, 9.17) is 13.7 Å². The summed E-state index contributed by atoms with van der Waals surface area (Å²) >= 11 is 0. The number of aromatic nitrogens is 2. The zero-order valence-corrected chi connectivity index (χ0v) is 10.4. The summed E-state index contributed by atoms with van der Waals surface area (Å²) in [4.78, 5) is 15.7. The molecule has 100 valence electrons. The van der Waals surface area contributed by atoms with E-state index >= 15 is 0 Å². The number of carbonyl (C=O) groups excluding carboxylic acids is 1. The van der Waals surface area contributed by atoms with E-state index in [0.29, 0.717) is 5.82 Å². The van der Waals surface area contributed by atoms with Gasteiger partial charge in [-0.3, -0.25) is 0 Å². The van der Waals surface area contributed by atoms with Crippen molar-refractivity contribution in [2.75, 3.05) is 0 Å². The summed E-state index contributed by atoms with van der Waals surface area (Å²) in [6, 6.07) is 12.5. The van der Waals surface area contributed by atoms with Crippen molar-refractivity contribution in [3.05, 3.63) is 60.4 Å². The summed E-state index contributed by atoms with van der Waals surface area (Å²) < 4.78 is 14.9. The molecular formula is C14H10N2O4. The Morgan fingerprint density at radius 1 is 1.15 bits per heavy atom. The van der Waals surface area contributed by atoms with Gasteiger partial charge in [0.05, 0.1) is 6.26 Å². The van der Waals surface area contributed by atoms with Gasteiger partial charge in [0, 0.05) is 5.56 Å². The molecule has 3 rings (SSSR count). The molecule has 0 fully saturated rings.